The molecule has 4 nitrogen and oxygen atoms in total. The van der Waals surface area contributed by atoms with Crippen LogP contribution in [0.3, 0.4) is 0 Å². The molecular weight excluding hydrogens is 280 g/mol. The summed E-state index contributed by atoms with van der Waals surface area (Å²) in [5.41, 5.74) is 1.18. The summed E-state index contributed by atoms with van der Waals surface area (Å²) in [5, 5.41) is 9.20. The van der Waals surface area contributed by atoms with Crippen LogP contribution < -0.4 is 9.47 Å². The summed E-state index contributed by atoms with van der Waals surface area (Å²) >= 11 is 0. The fourth-order valence-electron chi connectivity index (χ4n) is 1.90. The van der Waals surface area contributed by atoms with Gasteiger partial charge in [0, 0.05) is 6.07 Å². The molecular formula is C18H20O4. The predicted molar refractivity (Wildman–Crippen MR) is 84.6 cm³/mol. The highest BCUT2D eigenvalue weighted by molar-refractivity contribution is 5.88. The van der Waals surface area contributed by atoms with Crippen molar-refractivity contribution in [2.24, 2.45) is 0 Å². The molecule has 4 heteroatoms. The fraction of sp³-hybridized carbons (Fsp3) is 0.278. The van der Waals surface area contributed by atoms with Gasteiger partial charge in [0.1, 0.15) is 18.1 Å². The summed E-state index contributed by atoms with van der Waals surface area (Å²) in [4.78, 5) is 11.2. The van der Waals surface area contributed by atoms with Gasteiger partial charge >= 0.3 is 5.97 Å². The Kier molecular flexibility index (Phi) is 5.42. The molecule has 116 valence electrons. The van der Waals surface area contributed by atoms with E-state index in [0.29, 0.717) is 18.1 Å². The van der Waals surface area contributed by atoms with Crippen LogP contribution in [0.4, 0.5) is 0 Å². The van der Waals surface area contributed by atoms with E-state index in [-0.39, 0.29) is 11.7 Å². The third-order valence-electron chi connectivity index (χ3n) is 3.29. The van der Waals surface area contributed by atoms with Gasteiger partial charge < -0.3 is 14.6 Å². The Morgan fingerprint density at radius 3 is 2.45 bits per heavy atom. The summed E-state index contributed by atoms with van der Waals surface area (Å²) < 4.78 is 11.4. The SMILES string of the molecule is CC[C@H](C)Oc1cc(OCc2ccccc2)cc(C(=O)O)c1. The first-order valence-corrected chi connectivity index (χ1v) is 7.30. The van der Waals surface area contributed by atoms with E-state index in [2.05, 4.69) is 0 Å². The minimum atomic E-state index is -1.00. The largest absolute Gasteiger partial charge is 0.491 e. The molecule has 2 aromatic carbocycles. The van der Waals surface area contributed by atoms with Crippen LogP contribution in [0.15, 0.2) is 48.5 Å². The monoisotopic (exact) mass is 300 g/mol. The van der Waals surface area contributed by atoms with Crippen molar-refractivity contribution in [2.45, 2.75) is 33.0 Å². The summed E-state index contributed by atoms with van der Waals surface area (Å²) in [5.74, 6) is -0.00136. The Balaban J connectivity index is 2.16. The van der Waals surface area contributed by atoms with E-state index in [9.17, 15) is 9.90 Å². The number of hydrogen-bond donors (Lipinski definition) is 1. The highest BCUT2D eigenvalue weighted by Gasteiger charge is 2.10. The maximum atomic E-state index is 11.2. The maximum Gasteiger partial charge on any atom is 0.335 e. The van der Waals surface area contributed by atoms with Crippen molar-refractivity contribution in [3.8, 4) is 11.5 Å². The maximum absolute atomic E-state index is 11.2. The molecule has 0 heterocycles. The molecule has 0 amide bonds. The summed E-state index contributed by atoms with van der Waals surface area (Å²) in [6.45, 7) is 4.34. The molecule has 0 bridgehead atoms. The zero-order valence-corrected chi connectivity index (χ0v) is 12.8. The van der Waals surface area contributed by atoms with Gasteiger partial charge in [0.2, 0.25) is 0 Å². The van der Waals surface area contributed by atoms with Crippen molar-refractivity contribution >= 4 is 5.97 Å². The number of carboxylic acids is 1. The molecule has 0 radical (unpaired) electrons. The van der Waals surface area contributed by atoms with Crippen molar-refractivity contribution in [1.29, 1.82) is 0 Å². The lowest BCUT2D eigenvalue weighted by molar-refractivity contribution is 0.0695. The van der Waals surface area contributed by atoms with Crippen molar-refractivity contribution < 1.29 is 19.4 Å². The topological polar surface area (TPSA) is 55.8 Å². The lowest BCUT2D eigenvalue weighted by Crippen LogP contribution is -2.10. The van der Waals surface area contributed by atoms with Crippen molar-refractivity contribution in [2.75, 3.05) is 0 Å². The average molecular weight is 300 g/mol. The number of hydrogen-bond acceptors (Lipinski definition) is 3. The van der Waals surface area contributed by atoms with Crippen LogP contribution in [0, 0.1) is 0 Å². The standard InChI is InChI=1S/C18H20O4/c1-3-13(2)22-17-10-15(18(19)20)9-16(11-17)21-12-14-7-5-4-6-8-14/h4-11,13H,3,12H2,1-2H3,(H,19,20)/t13-/m0/s1. The van der Waals surface area contributed by atoms with Gasteiger partial charge in [0.25, 0.3) is 0 Å². The number of rotatable bonds is 7. The molecule has 0 saturated heterocycles. The van der Waals surface area contributed by atoms with E-state index in [1.165, 1.54) is 12.1 Å². The molecule has 2 rings (SSSR count). The molecule has 0 aliphatic rings. The summed E-state index contributed by atoms with van der Waals surface area (Å²) in [7, 11) is 0. The predicted octanol–water partition coefficient (Wildman–Crippen LogP) is 4.14. The average Bonchev–Trinajstić information content (AvgIpc) is 2.53. The molecule has 2 aromatic rings. The third-order valence-corrected chi connectivity index (χ3v) is 3.29. The number of carboxylic acid groups (broad SMARTS) is 1. The van der Waals surface area contributed by atoms with Crippen LogP contribution in [0.1, 0.15) is 36.2 Å². The third kappa shape index (κ3) is 4.52. The van der Waals surface area contributed by atoms with Crippen molar-refractivity contribution in [1.82, 2.24) is 0 Å². The van der Waals surface area contributed by atoms with E-state index < -0.39 is 5.97 Å². The molecule has 1 N–H and O–H groups in total. The van der Waals surface area contributed by atoms with Crippen LogP contribution in [0.25, 0.3) is 0 Å². The molecule has 1 atom stereocenters. The first-order valence-electron chi connectivity index (χ1n) is 7.30. The Morgan fingerprint density at radius 1 is 1.14 bits per heavy atom. The number of carbonyl (C=O) groups is 1. The van der Waals surface area contributed by atoms with Crippen molar-refractivity contribution in [3.05, 3.63) is 59.7 Å². The lowest BCUT2D eigenvalue weighted by Gasteiger charge is -2.15. The van der Waals surface area contributed by atoms with Gasteiger partial charge in [-0.25, -0.2) is 4.79 Å². The first kappa shape index (κ1) is 15.9. The minimum absolute atomic E-state index is 0.0195. The molecule has 0 saturated carbocycles. The smallest absolute Gasteiger partial charge is 0.335 e. The van der Waals surface area contributed by atoms with Crippen molar-refractivity contribution in [3.63, 3.8) is 0 Å². The molecule has 0 unspecified atom stereocenters. The second-order valence-electron chi connectivity index (χ2n) is 5.11. The van der Waals surface area contributed by atoms with Crippen LogP contribution in [-0.4, -0.2) is 17.2 Å². The Labute approximate surface area is 130 Å². The highest BCUT2D eigenvalue weighted by atomic mass is 16.5. The molecule has 22 heavy (non-hydrogen) atoms. The van der Waals surface area contributed by atoms with Crippen LogP contribution in [0.5, 0.6) is 11.5 Å². The molecule has 0 fully saturated rings. The second-order valence-corrected chi connectivity index (χ2v) is 5.11. The van der Waals surface area contributed by atoms with Gasteiger partial charge in [-0.15, -0.1) is 0 Å². The van der Waals surface area contributed by atoms with E-state index in [1.807, 2.05) is 44.2 Å². The van der Waals surface area contributed by atoms with E-state index in [0.717, 1.165) is 12.0 Å². The van der Waals surface area contributed by atoms with E-state index in [4.69, 9.17) is 9.47 Å². The zero-order valence-electron chi connectivity index (χ0n) is 12.8. The summed E-state index contributed by atoms with van der Waals surface area (Å²) in [6.07, 6.45) is 0.864. The van der Waals surface area contributed by atoms with E-state index >= 15 is 0 Å². The summed E-state index contributed by atoms with van der Waals surface area (Å²) in [6, 6.07) is 14.5. The zero-order chi connectivity index (χ0) is 15.9. The fourth-order valence-corrected chi connectivity index (χ4v) is 1.90. The highest BCUT2D eigenvalue weighted by Crippen LogP contribution is 2.25. The number of aromatic carboxylic acids is 1. The molecule has 0 aromatic heterocycles. The number of ether oxygens (including phenoxy) is 2. The number of benzene rings is 2. The van der Waals surface area contributed by atoms with Crippen LogP contribution in [0.2, 0.25) is 0 Å². The van der Waals surface area contributed by atoms with Gasteiger partial charge in [-0.3, -0.25) is 0 Å². The Bertz CT molecular complexity index is 622. The van der Waals surface area contributed by atoms with Crippen LogP contribution >= 0.6 is 0 Å². The first-order chi connectivity index (χ1) is 10.6. The van der Waals surface area contributed by atoms with Gasteiger partial charge in [-0.2, -0.15) is 0 Å². The Hall–Kier alpha value is -2.49. The quantitative estimate of drug-likeness (QED) is 0.835. The van der Waals surface area contributed by atoms with Gasteiger partial charge in [-0.1, -0.05) is 37.3 Å². The van der Waals surface area contributed by atoms with E-state index in [1.54, 1.807) is 6.07 Å². The second kappa shape index (κ2) is 7.50. The van der Waals surface area contributed by atoms with Crippen LogP contribution in [-0.2, 0) is 6.61 Å². The molecule has 0 spiro atoms. The van der Waals surface area contributed by atoms with Gasteiger partial charge in [-0.05, 0) is 31.0 Å². The lowest BCUT2D eigenvalue weighted by atomic mass is 10.2. The molecule has 0 aliphatic carbocycles. The minimum Gasteiger partial charge on any atom is -0.491 e. The van der Waals surface area contributed by atoms with Gasteiger partial charge in [0.15, 0.2) is 0 Å². The normalized spacial score (nSPS) is 11.7. The Morgan fingerprint density at radius 2 is 1.82 bits per heavy atom. The van der Waals surface area contributed by atoms with Gasteiger partial charge in [0.05, 0.1) is 11.7 Å². The molecule has 0 aliphatic heterocycles.